The SMILES string of the molecule is CC.CC.Cc1ccn(C(C)C)c(=O)c1. The van der Waals surface area contributed by atoms with Crippen molar-refractivity contribution in [1.29, 1.82) is 0 Å². The molecule has 2 heteroatoms. The van der Waals surface area contributed by atoms with Gasteiger partial charge in [0.25, 0.3) is 5.56 Å². The number of rotatable bonds is 1. The highest BCUT2D eigenvalue weighted by Crippen LogP contribution is 1.99. The Balaban J connectivity index is 0. The standard InChI is InChI=1S/C9H13NO.2C2H6/c1-7(2)10-5-4-8(3)6-9(10)11;2*1-2/h4-7H,1-3H3;2*1-2H3. The molecule has 0 aliphatic heterocycles. The zero-order valence-corrected chi connectivity index (χ0v) is 11.2. The zero-order chi connectivity index (χ0) is 12.4. The maximum absolute atomic E-state index is 11.2. The Bertz CT molecular complexity index is 300. The minimum absolute atomic E-state index is 0.0833. The molecule has 0 saturated carbocycles. The first-order valence-corrected chi connectivity index (χ1v) is 5.80. The van der Waals surface area contributed by atoms with Gasteiger partial charge in [0.15, 0.2) is 0 Å². The van der Waals surface area contributed by atoms with E-state index in [9.17, 15) is 4.79 Å². The lowest BCUT2D eigenvalue weighted by Gasteiger charge is -2.08. The van der Waals surface area contributed by atoms with Crippen molar-refractivity contribution in [1.82, 2.24) is 4.57 Å². The van der Waals surface area contributed by atoms with Gasteiger partial charge in [-0.3, -0.25) is 4.79 Å². The van der Waals surface area contributed by atoms with Crippen molar-refractivity contribution < 1.29 is 0 Å². The number of pyridine rings is 1. The van der Waals surface area contributed by atoms with E-state index in [-0.39, 0.29) is 11.6 Å². The predicted octanol–water partition coefficient (Wildman–Crippen LogP) is 3.79. The van der Waals surface area contributed by atoms with Crippen LogP contribution in [-0.4, -0.2) is 4.57 Å². The first-order chi connectivity index (χ1) is 7.11. The quantitative estimate of drug-likeness (QED) is 0.692. The summed E-state index contributed by atoms with van der Waals surface area (Å²) in [6, 6.07) is 3.85. The number of aromatic nitrogens is 1. The molecule has 1 rings (SSSR count). The molecule has 0 amide bonds. The minimum atomic E-state index is 0.0833. The van der Waals surface area contributed by atoms with Gasteiger partial charge in [-0.05, 0) is 32.4 Å². The van der Waals surface area contributed by atoms with Crippen molar-refractivity contribution in [3.63, 3.8) is 0 Å². The second-order valence-electron chi connectivity index (χ2n) is 3.04. The molecule has 1 aromatic rings. The molecule has 0 aliphatic carbocycles. The van der Waals surface area contributed by atoms with Crippen LogP contribution in [0.15, 0.2) is 23.1 Å². The number of hydrogen-bond acceptors (Lipinski definition) is 1. The molecule has 0 unspecified atom stereocenters. The van der Waals surface area contributed by atoms with Crippen molar-refractivity contribution in [3.05, 3.63) is 34.2 Å². The lowest BCUT2D eigenvalue weighted by molar-refractivity contribution is 0.577. The third-order valence-electron chi connectivity index (χ3n) is 1.66. The van der Waals surface area contributed by atoms with Crippen LogP contribution in [0.1, 0.15) is 53.1 Å². The molecule has 0 aromatic carbocycles. The molecule has 0 saturated heterocycles. The van der Waals surface area contributed by atoms with Gasteiger partial charge in [0.05, 0.1) is 0 Å². The van der Waals surface area contributed by atoms with Crippen molar-refractivity contribution in [2.24, 2.45) is 0 Å². The van der Waals surface area contributed by atoms with Crippen LogP contribution in [0.4, 0.5) is 0 Å². The molecular formula is C13H25NO. The predicted molar refractivity (Wildman–Crippen MR) is 68.5 cm³/mol. The maximum Gasteiger partial charge on any atom is 0.251 e. The van der Waals surface area contributed by atoms with Gasteiger partial charge < -0.3 is 4.57 Å². The smallest absolute Gasteiger partial charge is 0.251 e. The summed E-state index contributed by atoms with van der Waals surface area (Å²) >= 11 is 0. The van der Waals surface area contributed by atoms with Crippen molar-refractivity contribution in [2.45, 2.75) is 54.5 Å². The molecule has 0 fully saturated rings. The van der Waals surface area contributed by atoms with Crippen molar-refractivity contribution in [2.75, 3.05) is 0 Å². The Morgan fingerprint density at radius 2 is 1.60 bits per heavy atom. The fraction of sp³-hybridized carbons (Fsp3) is 0.615. The van der Waals surface area contributed by atoms with E-state index in [0.717, 1.165) is 5.56 Å². The zero-order valence-electron chi connectivity index (χ0n) is 11.2. The van der Waals surface area contributed by atoms with Gasteiger partial charge in [-0.1, -0.05) is 27.7 Å². The van der Waals surface area contributed by atoms with Crippen LogP contribution in [0.5, 0.6) is 0 Å². The Morgan fingerprint density at radius 3 is 1.93 bits per heavy atom. The highest BCUT2D eigenvalue weighted by Gasteiger charge is 1.98. The van der Waals surface area contributed by atoms with Gasteiger partial charge >= 0.3 is 0 Å². The molecule has 0 bridgehead atoms. The average Bonchev–Trinajstić information content (AvgIpc) is 2.23. The monoisotopic (exact) mass is 211 g/mol. The van der Waals surface area contributed by atoms with Crippen LogP contribution >= 0.6 is 0 Å². The van der Waals surface area contributed by atoms with Gasteiger partial charge in [-0.2, -0.15) is 0 Å². The third-order valence-corrected chi connectivity index (χ3v) is 1.66. The van der Waals surface area contributed by atoms with E-state index in [1.165, 1.54) is 0 Å². The van der Waals surface area contributed by atoms with Crippen LogP contribution < -0.4 is 5.56 Å². The van der Waals surface area contributed by atoms with Crippen LogP contribution in [0, 0.1) is 6.92 Å². The fourth-order valence-electron chi connectivity index (χ4n) is 1.02. The Hall–Kier alpha value is -1.05. The summed E-state index contributed by atoms with van der Waals surface area (Å²) in [7, 11) is 0. The lowest BCUT2D eigenvalue weighted by Crippen LogP contribution is -2.20. The molecule has 88 valence electrons. The van der Waals surface area contributed by atoms with Gasteiger partial charge in [0, 0.05) is 18.3 Å². The van der Waals surface area contributed by atoms with Crippen LogP contribution in [0.2, 0.25) is 0 Å². The summed E-state index contributed by atoms with van der Waals surface area (Å²) in [5, 5.41) is 0. The van der Waals surface area contributed by atoms with Gasteiger partial charge in [0.2, 0.25) is 0 Å². The topological polar surface area (TPSA) is 22.0 Å². The molecule has 0 spiro atoms. The summed E-state index contributed by atoms with van der Waals surface area (Å²) < 4.78 is 1.72. The Kier molecular flexibility index (Phi) is 10.4. The molecule has 0 atom stereocenters. The fourth-order valence-corrected chi connectivity index (χ4v) is 1.02. The van der Waals surface area contributed by atoms with E-state index in [2.05, 4.69) is 0 Å². The molecule has 0 N–H and O–H groups in total. The lowest BCUT2D eigenvalue weighted by atomic mass is 10.3. The average molecular weight is 211 g/mol. The molecule has 1 heterocycles. The van der Waals surface area contributed by atoms with E-state index < -0.39 is 0 Å². The van der Waals surface area contributed by atoms with E-state index in [4.69, 9.17) is 0 Å². The van der Waals surface area contributed by atoms with Crippen LogP contribution in [0.25, 0.3) is 0 Å². The highest BCUT2D eigenvalue weighted by atomic mass is 16.1. The highest BCUT2D eigenvalue weighted by molar-refractivity contribution is 5.08. The van der Waals surface area contributed by atoms with Crippen molar-refractivity contribution in [3.8, 4) is 0 Å². The Morgan fingerprint density at radius 1 is 1.13 bits per heavy atom. The van der Waals surface area contributed by atoms with E-state index in [1.807, 2.05) is 60.7 Å². The molecule has 0 aliphatic rings. The van der Waals surface area contributed by atoms with E-state index in [0.29, 0.717) is 0 Å². The second kappa shape index (κ2) is 9.50. The number of aryl methyl sites for hydroxylation is 1. The molecule has 1 aromatic heterocycles. The van der Waals surface area contributed by atoms with Gasteiger partial charge in [-0.25, -0.2) is 0 Å². The summed E-state index contributed by atoms with van der Waals surface area (Å²) in [6.45, 7) is 13.9. The van der Waals surface area contributed by atoms with E-state index >= 15 is 0 Å². The maximum atomic E-state index is 11.2. The molecule has 15 heavy (non-hydrogen) atoms. The summed E-state index contributed by atoms with van der Waals surface area (Å²) in [5.41, 5.74) is 1.10. The van der Waals surface area contributed by atoms with Gasteiger partial charge in [-0.15, -0.1) is 0 Å². The molecule has 0 radical (unpaired) electrons. The Labute approximate surface area is 94.0 Å². The van der Waals surface area contributed by atoms with Crippen LogP contribution in [-0.2, 0) is 0 Å². The second-order valence-corrected chi connectivity index (χ2v) is 3.04. The minimum Gasteiger partial charge on any atom is -0.313 e. The first kappa shape index (κ1) is 16.4. The molecule has 2 nitrogen and oxygen atoms in total. The number of nitrogens with zero attached hydrogens (tertiary/aromatic N) is 1. The summed E-state index contributed by atoms with van der Waals surface area (Å²) in [4.78, 5) is 11.2. The van der Waals surface area contributed by atoms with E-state index in [1.54, 1.807) is 10.6 Å². The first-order valence-electron chi connectivity index (χ1n) is 5.80. The van der Waals surface area contributed by atoms with Crippen LogP contribution in [0.3, 0.4) is 0 Å². The van der Waals surface area contributed by atoms with Gasteiger partial charge in [0.1, 0.15) is 0 Å². The number of hydrogen-bond donors (Lipinski definition) is 0. The largest absolute Gasteiger partial charge is 0.313 e. The normalized spacial score (nSPS) is 8.53. The summed E-state index contributed by atoms with van der Waals surface area (Å²) in [6.07, 6.45) is 1.84. The molecular weight excluding hydrogens is 186 g/mol. The van der Waals surface area contributed by atoms with Crippen molar-refractivity contribution >= 4 is 0 Å². The summed E-state index contributed by atoms with van der Waals surface area (Å²) in [5.74, 6) is 0. The third kappa shape index (κ3) is 6.10.